The molecular formula is C12H12N2O3. The first kappa shape index (κ1) is 11.2. The topological polar surface area (TPSA) is 75.3 Å². The number of phenolic OH excluding ortho intramolecular Hbond substituents is 1. The number of aromatic nitrogens is 2. The largest absolute Gasteiger partial charge is 0.506 e. The van der Waals surface area contributed by atoms with Gasteiger partial charge in [-0.05, 0) is 31.5 Å². The van der Waals surface area contributed by atoms with Gasteiger partial charge in [0.1, 0.15) is 17.0 Å². The van der Waals surface area contributed by atoms with E-state index < -0.39 is 5.97 Å². The van der Waals surface area contributed by atoms with Crippen LogP contribution in [0.25, 0.3) is 5.69 Å². The average Bonchev–Trinajstić information content (AvgIpc) is 2.64. The SMILES string of the molecule is Cc1ccc(O)c(-n2ncc(C(=O)O)c2C)c1. The highest BCUT2D eigenvalue weighted by molar-refractivity contribution is 5.88. The smallest absolute Gasteiger partial charge is 0.339 e. The van der Waals surface area contributed by atoms with Crippen LogP contribution < -0.4 is 0 Å². The van der Waals surface area contributed by atoms with Crippen LogP contribution in [0, 0.1) is 13.8 Å². The molecule has 0 saturated heterocycles. The van der Waals surface area contributed by atoms with Crippen LogP contribution in [0.5, 0.6) is 5.75 Å². The molecule has 0 bridgehead atoms. The Morgan fingerprint density at radius 3 is 2.65 bits per heavy atom. The van der Waals surface area contributed by atoms with Crippen LogP contribution >= 0.6 is 0 Å². The monoisotopic (exact) mass is 232 g/mol. The molecular weight excluding hydrogens is 220 g/mol. The molecule has 0 aliphatic rings. The van der Waals surface area contributed by atoms with E-state index in [0.29, 0.717) is 11.4 Å². The van der Waals surface area contributed by atoms with Gasteiger partial charge in [-0.15, -0.1) is 0 Å². The summed E-state index contributed by atoms with van der Waals surface area (Å²) in [7, 11) is 0. The average molecular weight is 232 g/mol. The number of aromatic carboxylic acids is 1. The Morgan fingerprint density at radius 2 is 2.06 bits per heavy atom. The minimum atomic E-state index is -1.03. The van der Waals surface area contributed by atoms with Gasteiger partial charge in [0, 0.05) is 0 Å². The molecule has 1 heterocycles. The summed E-state index contributed by atoms with van der Waals surface area (Å²) in [5.74, 6) is -0.959. The minimum Gasteiger partial charge on any atom is -0.506 e. The zero-order valence-electron chi connectivity index (χ0n) is 9.51. The fourth-order valence-electron chi connectivity index (χ4n) is 1.67. The molecule has 5 heteroatoms. The molecule has 17 heavy (non-hydrogen) atoms. The highest BCUT2D eigenvalue weighted by atomic mass is 16.4. The van der Waals surface area contributed by atoms with Crippen molar-refractivity contribution >= 4 is 5.97 Å². The first-order valence-electron chi connectivity index (χ1n) is 5.08. The Balaban J connectivity index is 2.61. The third kappa shape index (κ3) is 1.87. The van der Waals surface area contributed by atoms with Gasteiger partial charge in [-0.1, -0.05) is 6.07 Å². The molecule has 0 fully saturated rings. The number of hydrogen-bond donors (Lipinski definition) is 2. The van der Waals surface area contributed by atoms with Crippen LogP contribution in [0.1, 0.15) is 21.6 Å². The van der Waals surface area contributed by atoms with E-state index in [-0.39, 0.29) is 11.3 Å². The molecule has 0 saturated carbocycles. The van der Waals surface area contributed by atoms with Crippen molar-refractivity contribution in [1.82, 2.24) is 9.78 Å². The molecule has 0 atom stereocenters. The molecule has 0 radical (unpaired) electrons. The van der Waals surface area contributed by atoms with E-state index in [9.17, 15) is 9.90 Å². The number of carboxylic acids is 1. The molecule has 1 aromatic carbocycles. The lowest BCUT2D eigenvalue weighted by atomic mass is 10.2. The first-order chi connectivity index (χ1) is 8.00. The van der Waals surface area contributed by atoms with Crippen molar-refractivity contribution in [2.75, 3.05) is 0 Å². The summed E-state index contributed by atoms with van der Waals surface area (Å²) in [5.41, 5.74) is 2.06. The third-order valence-corrected chi connectivity index (χ3v) is 2.60. The third-order valence-electron chi connectivity index (χ3n) is 2.60. The van der Waals surface area contributed by atoms with Gasteiger partial charge in [0.2, 0.25) is 0 Å². The molecule has 2 rings (SSSR count). The second-order valence-electron chi connectivity index (χ2n) is 3.85. The van der Waals surface area contributed by atoms with Crippen LogP contribution in [0.2, 0.25) is 0 Å². The van der Waals surface area contributed by atoms with Crippen molar-refractivity contribution in [1.29, 1.82) is 0 Å². The van der Waals surface area contributed by atoms with Crippen LogP contribution in [-0.2, 0) is 0 Å². The van der Waals surface area contributed by atoms with Crippen LogP contribution in [0.3, 0.4) is 0 Å². The van der Waals surface area contributed by atoms with Crippen LogP contribution in [-0.4, -0.2) is 26.0 Å². The summed E-state index contributed by atoms with van der Waals surface area (Å²) >= 11 is 0. The summed E-state index contributed by atoms with van der Waals surface area (Å²) in [4.78, 5) is 10.9. The number of carbonyl (C=O) groups is 1. The molecule has 5 nitrogen and oxygen atoms in total. The fraction of sp³-hybridized carbons (Fsp3) is 0.167. The van der Waals surface area contributed by atoms with E-state index in [1.807, 2.05) is 6.92 Å². The van der Waals surface area contributed by atoms with Gasteiger partial charge in [0.25, 0.3) is 0 Å². The van der Waals surface area contributed by atoms with Gasteiger partial charge < -0.3 is 10.2 Å². The lowest BCUT2D eigenvalue weighted by Gasteiger charge is -2.08. The molecule has 2 N–H and O–H groups in total. The van der Waals surface area contributed by atoms with Gasteiger partial charge in [0.15, 0.2) is 0 Å². The maximum atomic E-state index is 10.9. The predicted octanol–water partition coefficient (Wildman–Crippen LogP) is 1.89. The number of phenols is 1. The van der Waals surface area contributed by atoms with Crippen molar-refractivity contribution in [2.24, 2.45) is 0 Å². The second kappa shape index (κ2) is 3.93. The molecule has 0 spiro atoms. The molecule has 0 aliphatic heterocycles. The Labute approximate surface area is 97.9 Å². The highest BCUT2D eigenvalue weighted by Gasteiger charge is 2.15. The quantitative estimate of drug-likeness (QED) is 0.829. The second-order valence-corrected chi connectivity index (χ2v) is 3.85. The molecule has 0 aliphatic carbocycles. The Bertz CT molecular complexity index is 587. The molecule has 2 aromatic rings. The number of aromatic hydroxyl groups is 1. The van der Waals surface area contributed by atoms with Crippen molar-refractivity contribution in [3.8, 4) is 11.4 Å². The number of hydrogen-bond acceptors (Lipinski definition) is 3. The van der Waals surface area contributed by atoms with Crippen LogP contribution in [0.4, 0.5) is 0 Å². The number of carboxylic acid groups (broad SMARTS) is 1. The van der Waals surface area contributed by atoms with Gasteiger partial charge in [-0.3, -0.25) is 0 Å². The number of aryl methyl sites for hydroxylation is 1. The zero-order valence-corrected chi connectivity index (χ0v) is 9.51. The van der Waals surface area contributed by atoms with Crippen LogP contribution in [0.15, 0.2) is 24.4 Å². The minimum absolute atomic E-state index is 0.0683. The normalized spacial score (nSPS) is 10.5. The van der Waals surface area contributed by atoms with Gasteiger partial charge in [-0.2, -0.15) is 5.10 Å². The number of benzene rings is 1. The van der Waals surface area contributed by atoms with Gasteiger partial charge in [-0.25, -0.2) is 9.48 Å². The van der Waals surface area contributed by atoms with E-state index in [4.69, 9.17) is 5.11 Å². The van der Waals surface area contributed by atoms with E-state index >= 15 is 0 Å². The first-order valence-corrected chi connectivity index (χ1v) is 5.08. The summed E-state index contributed by atoms with van der Waals surface area (Å²) in [6.45, 7) is 3.54. The van der Waals surface area contributed by atoms with E-state index in [1.54, 1.807) is 25.1 Å². The maximum Gasteiger partial charge on any atom is 0.339 e. The lowest BCUT2D eigenvalue weighted by molar-refractivity contribution is 0.0696. The van der Waals surface area contributed by atoms with Crippen molar-refractivity contribution in [3.05, 3.63) is 41.2 Å². The van der Waals surface area contributed by atoms with E-state index in [1.165, 1.54) is 10.9 Å². The molecule has 88 valence electrons. The maximum absolute atomic E-state index is 10.9. The summed E-state index contributed by atoms with van der Waals surface area (Å²) < 4.78 is 1.42. The standard InChI is InChI=1S/C12H12N2O3/c1-7-3-4-11(15)10(5-7)14-8(2)9(6-13-14)12(16)17/h3-6,15H,1-2H3,(H,16,17). The predicted molar refractivity (Wildman–Crippen MR) is 61.7 cm³/mol. The number of nitrogens with zero attached hydrogens (tertiary/aromatic N) is 2. The zero-order chi connectivity index (χ0) is 12.6. The number of rotatable bonds is 2. The molecule has 1 aromatic heterocycles. The molecule has 0 amide bonds. The van der Waals surface area contributed by atoms with Gasteiger partial charge in [0.05, 0.1) is 11.9 Å². The Morgan fingerprint density at radius 1 is 1.35 bits per heavy atom. The Hall–Kier alpha value is -2.30. The van der Waals surface area contributed by atoms with E-state index in [2.05, 4.69) is 5.10 Å². The van der Waals surface area contributed by atoms with Crippen molar-refractivity contribution < 1.29 is 15.0 Å². The highest BCUT2D eigenvalue weighted by Crippen LogP contribution is 2.24. The van der Waals surface area contributed by atoms with Crippen molar-refractivity contribution in [2.45, 2.75) is 13.8 Å². The van der Waals surface area contributed by atoms with Crippen molar-refractivity contribution in [3.63, 3.8) is 0 Å². The summed E-state index contributed by atoms with van der Waals surface area (Å²) in [6, 6.07) is 5.09. The molecule has 0 unspecified atom stereocenters. The fourth-order valence-corrected chi connectivity index (χ4v) is 1.67. The lowest BCUT2D eigenvalue weighted by Crippen LogP contribution is -2.03. The Kier molecular flexibility index (Phi) is 2.59. The summed E-state index contributed by atoms with van der Waals surface area (Å²) in [5, 5.41) is 22.7. The summed E-state index contributed by atoms with van der Waals surface area (Å²) in [6.07, 6.45) is 1.28. The van der Waals surface area contributed by atoms with E-state index in [0.717, 1.165) is 5.56 Å². The van der Waals surface area contributed by atoms with Gasteiger partial charge >= 0.3 is 5.97 Å².